The lowest BCUT2D eigenvalue weighted by molar-refractivity contribution is -0.128. The molecule has 1 aromatic rings. The standard InChI is InChI=1S/C14H19FN2O2/c1-3-9(2)13(14(16)19)17-12(18)8-10-5-4-6-11(15)7-10/h4-7,9,13H,3,8H2,1-2H3,(H2,16,19)(H,17,18). The summed E-state index contributed by atoms with van der Waals surface area (Å²) in [4.78, 5) is 23.1. The molecule has 2 unspecified atom stereocenters. The van der Waals surface area contributed by atoms with E-state index < -0.39 is 17.8 Å². The summed E-state index contributed by atoms with van der Waals surface area (Å²) in [7, 11) is 0. The first-order valence-corrected chi connectivity index (χ1v) is 6.27. The van der Waals surface area contributed by atoms with Gasteiger partial charge in [0.15, 0.2) is 0 Å². The summed E-state index contributed by atoms with van der Waals surface area (Å²) in [5.74, 6) is -1.32. The average Bonchev–Trinajstić information content (AvgIpc) is 2.34. The number of primary amides is 1. The van der Waals surface area contributed by atoms with Crippen LogP contribution in [0.25, 0.3) is 0 Å². The van der Waals surface area contributed by atoms with Gasteiger partial charge in [-0.25, -0.2) is 4.39 Å². The summed E-state index contributed by atoms with van der Waals surface area (Å²) in [6.45, 7) is 3.76. The van der Waals surface area contributed by atoms with Crippen molar-refractivity contribution in [2.75, 3.05) is 0 Å². The lowest BCUT2D eigenvalue weighted by Gasteiger charge is -2.21. The van der Waals surface area contributed by atoms with Crippen molar-refractivity contribution >= 4 is 11.8 Å². The van der Waals surface area contributed by atoms with Crippen LogP contribution >= 0.6 is 0 Å². The SMILES string of the molecule is CCC(C)C(NC(=O)Cc1cccc(F)c1)C(N)=O. The quantitative estimate of drug-likeness (QED) is 0.816. The predicted octanol–water partition coefficient (Wildman–Crippen LogP) is 1.38. The third kappa shape index (κ3) is 4.69. The van der Waals surface area contributed by atoms with E-state index in [1.165, 1.54) is 18.2 Å². The largest absolute Gasteiger partial charge is 0.368 e. The van der Waals surface area contributed by atoms with Crippen LogP contribution in [-0.2, 0) is 16.0 Å². The van der Waals surface area contributed by atoms with E-state index >= 15 is 0 Å². The maximum atomic E-state index is 13.0. The maximum Gasteiger partial charge on any atom is 0.240 e. The van der Waals surface area contributed by atoms with E-state index in [2.05, 4.69) is 5.32 Å². The van der Waals surface area contributed by atoms with Crippen molar-refractivity contribution in [2.45, 2.75) is 32.7 Å². The van der Waals surface area contributed by atoms with Crippen LogP contribution in [0.2, 0.25) is 0 Å². The van der Waals surface area contributed by atoms with Crippen molar-refractivity contribution < 1.29 is 14.0 Å². The van der Waals surface area contributed by atoms with Crippen LogP contribution in [0.5, 0.6) is 0 Å². The highest BCUT2D eigenvalue weighted by Crippen LogP contribution is 2.09. The van der Waals surface area contributed by atoms with Gasteiger partial charge >= 0.3 is 0 Å². The molecule has 0 aliphatic rings. The number of benzene rings is 1. The molecule has 0 radical (unpaired) electrons. The second-order valence-corrected chi connectivity index (χ2v) is 4.64. The average molecular weight is 266 g/mol. The van der Waals surface area contributed by atoms with E-state index in [1.807, 2.05) is 13.8 Å². The Morgan fingerprint density at radius 2 is 2.11 bits per heavy atom. The Morgan fingerprint density at radius 3 is 2.63 bits per heavy atom. The second kappa shape index (κ2) is 6.87. The summed E-state index contributed by atoms with van der Waals surface area (Å²) < 4.78 is 13.0. The van der Waals surface area contributed by atoms with E-state index in [0.29, 0.717) is 5.56 Å². The van der Waals surface area contributed by atoms with Crippen molar-refractivity contribution in [3.63, 3.8) is 0 Å². The number of hydrogen-bond acceptors (Lipinski definition) is 2. The number of nitrogens with one attached hydrogen (secondary N) is 1. The molecule has 0 aliphatic carbocycles. The first-order chi connectivity index (χ1) is 8.93. The number of halogens is 1. The Hall–Kier alpha value is -1.91. The van der Waals surface area contributed by atoms with Gasteiger partial charge in [-0.1, -0.05) is 32.4 Å². The zero-order chi connectivity index (χ0) is 14.4. The van der Waals surface area contributed by atoms with Crippen molar-refractivity contribution in [3.05, 3.63) is 35.6 Å². The lowest BCUT2D eigenvalue weighted by Crippen LogP contribution is -2.48. The van der Waals surface area contributed by atoms with E-state index in [-0.39, 0.29) is 18.2 Å². The summed E-state index contributed by atoms with van der Waals surface area (Å²) in [5, 5.41) is 2.60. The van der Waals surface area contributed by atoms with Crippen LogP contribution in [0.1, 0.15) is 25.8 Å². The molecule has 1 rings (SSSR count). The molecule has 104 valence electrons. The second-order valence-electron chi connectivity index (χ2n) is 4.64. The molecule has 0 saturated heterocycles. The molecule has 0 saturated carbocycles. The monoisotopic (exact) mass is 266 g/mol. The molecule has 0 bridgehead atoms. The molecule has 0 spiro atoms. The van der Waals surface area contributed by atoms with Crippen LogP contribution < -0.4 is 11.1 Å². The number of amides is 2. The molecule has 0 aromatic heterocycles. The number of rotatable bonds is 6. The minimum atomic E-state index is -0.689. The van der Waals surface area contributed by atoms with Gasteiger partial charge in [-0.15, -0.1) is 0 Å². The van der Waals surface area contributed by atoms with E-state index in [9.17, 15) is 14.0 Å². The Bertz CT molecular complexity index is 463. The fraction of sp³-hybridized carbons (Fsp3) is 0.429. The van der Waals surface area contributed by atoms with Gasteiger partial charge in [0.05, 0.1) is 6.42 Å². The van der Waals surface area contributed by atoms with Gasteiger partial charge in [0.1, 0.15) is 11.9 Å². The fourth-order valence-corrected chi connectivity index (χ4v) is 1.79. The van der Waals surface area contributed by atoms with E-state index in [0.717, 1.165) is 6.42 Å². The first kappa shape index (κ1) is 15.1. The van der Waals surface area contributed by atoms with Gasteiger partial charge in [-0.2, -0.15) is 0 Å². The Balaban J connectivity index is 2.65. The van der Waals surface area contributed by atoms with Crippen LogP contribution in [-0.4, -0.2) is 17.9 Å². The van der Waals surface area contributed by atoms with Crippen molar-refractivity contribution in [1.82, 2.24) is 5.32 Å². The van der Waals surface area contributed by atoms with Crippen molar-refractivity contribution in [3.8, 4) is 0 Å². The van der Waals surface area contributed by atoms with Crippen molar-refractivity contribution in [1.29, 1.82) is 0 Å². The molecular weight excluding hydrogens is 247 g/mol. The summed E-state index contributed by atoms with van der Waals surface area (Å²) in [6, 6.07) is 5.11. The zero-order valence-electron chi connectivity index (χ0n) is 11.2. The maximum absolute atomic E-state index is 13.0. The van der Waals surface area contributed by atoms with Crippen LogP contribution in [0.4, 0.5) is 4.39 Å². The Labute approximate surface area is 112 Å². The normalized spacial score (nSPS) is 13.6. The van der Waals surface area contributed by atoms with E-state index in [4.69, 9.17) is 5.73 Å². The highest BCUT2D eigenvalue weighted by Gasteiger charge is 2.23. The minimum Gasteiger partial charge on any atom is -0.368 e. The van der Waals surface area contributed by atoms with Gasteiger partial charge in [0.2, 0.25) is 11.8 Å². The highest BCUT2D eigenvalue weighted by atomic mass is 19.1. The molecule has 2 amide bonds. The molecule has 2 atom stereocenters. The number of nitrogens with two attached hydrogens (primary N) is 1. The molecule has 0 aliphatic heterocycles. The minimum absolute atomic E-state index is 0.0258. The van der Waals surface area contributed by atoms with E-state index in [1.54, 1.807) is 6.07 Å². The van der Waals surface area contributed by atoms with Crippen LogP contribution in [0.3, 0.4) is 0 Å². The highest BCUT2D eigenvalue weighted by molar-refractivity contribution is 5.87. The molecule has 1 aromatic carbocycles. The van der Waals surface area contributed by atoms with Gasteiger partial charge in [-0.3, -0.25) is 9.59 Å². The van der Waals surface area contributed by atoms with Gasteiger partial charge in [0.25, 0.3) is 0 Å². The van der Waals surface area contributed by atoms with Gasteiger partial charge < -0.3 is 11.1 Å². The molecule has 0 fully saturated rings. The number of carbonyl (C=O) groups excluding carboxylic acids is 2. The van der Waals surface area contributed by atoms with Crippen molar-refractivity contribution in [2.24, 2.45) is 11.7 Å². The number of carbonyl (C=O) groups is 2. The van der Waals surface area contributed by atoms with Gasteiger partial charge in [0, 0.05) is 0 Å². The first-order valence-electron chi connectivity index (χ1n) is 6.27. The molecule has 4 nitrogen and oxygen atoms in total. The fourth-order valence-electron chi connectivity index (χ4n) is 1.79. The summed E-state index contributed by atoms with van der Waals surface area (Å²) >= 11 is 0. The van der Waals surface area contributed by atoms with Gasteiger partial charge in [-0.05, 0) is 23.6 Å². The zero-order valence-corrected chi connectivity index (χ0v) is 11.2. The smallest absolute Gasteiger partial charge is 0.240 e. The summed E-state index contributed by atoms with van der Waals surface area (Å²) in [5.41, 5.74) is 5.83. The third-order valence-corrected chi connectivity index (χ3v) is 3.09. The topological polar surface area (TPSA) is 72.2 Å². The molecule has 5 heteroatoms. The number of hydrogen-bond donors (Lipinski definition) is 2. The molecule has 0 heterocycles. The molecule has 3 N–H and O–H groups in total. The predicted molar refractivity (Wildman–Crippen MR) is 70.7 cm³/mol. The molecule has 19 heavy (non-hydrogen) atoms. The third-order valence-electron chi connectivity index (χ3n) is 3.09. The Morgan fingerprint density at radius 1 is 1.42 bits per heavy atom. The lowest BCUT2D eigenvalue weighted by atomic mass is 9.98. The summed E-state index contributed by atoms with van der Waals surface area (Å²) in [6.07, 6.45) is 0.756. The molecular formula is C14H19FN2O2. The van der Waals surface area contributed by atoms with Crippen LogP contribution in [0.15, 0.2) is 24.3 Å². The Kier molecular flexibility index (Phi) is 5.48. The van der Waals surface area contributed by atoms with Crippen LogP contribution in [0, 0.1) is 11.7 Å².